The van der Waals surface area contributed by atoms with Crippen molar-refractivity contribution in [2.45, 2.75) is 33.3 Å². The van der Waals surface area contributed by atoms with Gasteiger partial charge in [0.15, 0.2) is 6.10 Å². The predicted octanol–water partition coefficient (Wildman–Crippen LogP) is 4.86. The van der Waals surface area contributed by atoms with Crippen molar-refractivity contribution in [1.82, 2.24) is 0 Å². The van der Waals surface area contributed by atoms with Gasteiger partial charge in [0.2, 0.25) is 0 Å². The third kappa shape index (κ3) is 4.10. The Hall–Kier alpha value is -1.81. The summed E-state index contributed by atoms with van der Waals surface area (Å²) >= 11 is 3.38. The van der Waals surface area contributed by atoms with Crippen molar-refractivity contribution in [2.24, 2.45) is 0 Å². The van der Waals surface area contributed by atoms with Crippen molar-refractivity contribution in [1.29, 1.82) is 0 Å². The van der Waals surface area contributed by atoms with E-state index in [0.29, 0.717) is 6.42 Å². The molecule has 2 aromatic carbocycles. The second-order valence-corrected chi connectivity index (χ2v) is 6.12. The van der Waals surface area contributed by atoms with E-state index in [-0.39, 0.29) is 5.91 Å². The van der Waals surface area contributed by atoms with Gasteiger partial charge in [-0.05, 0) is 61.7 Å². The monoisotopic (exact) mass is 361 g/mol. The normalized spacial score (nSPS) is 11.8. The number of amides is 1. The zero-order valence-corrected chi connectivity index (χ0v) is 14.6. The Morgan fingerprint density at radius 1 is 1.18 bits per heavy atom. The van der Waals surface area contributed by atoms with Crippen LogP contribution in [0.3, 0.4) is 0 Å². The van der Waals surface area contributed by atoms with Crippen LogP contribution in [-0.2, 0) is 4.79 Å². The smallest absolute Gasteiger partial charge is 0.265 e. The zero-order valence-electron chi connectivity index (χ0n) is 13.0. The van der Waals surface area contributed by atoms with Crippen LogP contribution in [0, 0.1) is 13.8 Å². The third-order valence-corrected chi connectivity index (χ3v) is 4.13. The highest BCUT2D eigenvalue weighted by molar-refractivity contribution is 9.10. The number of halogens is 1. The van der Waals surface area contributed by atoms with Gasteiger partial charge in [-0.1, -0.05) is 35.0 Å². The van der Waals surface area contributed by atoms with Crippen LogP contribution < -0.4 is 10.1 Å². The second kappa shape index (κ2) is 7.45. The van der Waals surface area contributed by atoms with E-state index >= 15 is 0 Å². The van der Waals surface area contributed by atoms with E-state index in [2.05, 4.69) is 21.2 Å². The van der Waals surface area contributed by atoms with Crippen LogP contribution in [0.25, 0.3) is 0 Å². The van der Waals surface area contributed by atoms with Crippen molar-refractivity contribution in [3.05, 3.63) is 58.1 Å². The summed E-state index contributed by atoms with van der Waals surface area (Å²) in [6, 6.07) is 13.4. The number of hydrogen-bond acceptors (Lipinski definition) is 2. The number of carbonyl (C=O) groups is 1. The molecule has 0 aliphatic heterocycles. The van der Waals surface area contributed by atoms with Crippen molar-refractivity contribution < 1.29 is 9.53 Å². The minimum atomic E-state index is -0.510. The predicted molar refractivity (Wildman–Crippen MR) is 93.4 cm³/mol. The van der Waals surface area contributed by atoms with Crippen molar-refractivity contribution in [2.75, 3.05) is 5.32 Å². The first kappa shape index (κ1) is 16.6. The van der Waals surface area contributed by atoms with Crippen molar-refractivity contribution in [3.63, 3.8) is 0 Å². The number of rotatable bonds is 5. The molecule has 0 unspecified atom stereocenters. The van der Waals surface area contributed by atoms with Crippen LogP contribution in [0.2, 0.25) is 0 Å². The molecule has 0 saturated heterocycles. The molecule has 0 fully saturated rings. The fourth-order valence-electron chi connectivity index (χ4n) is 2.08. The Labute approximate surface area is 139 Å². The highest BCUT2D eigenvalue weighted by Crippen LogP contribution is 2.23. The minimum Gasteiger partial charge on any atom is -0.480 e. The maximum Gasteiger partial charge on any atom is 0.265 e. The Kier molecular flexibility index (Phi) is 5.61. The first-order valence-corrected chi connectivity index (χ1v) is 8.10. The maximum atomic E-state index is 12.4. The molecule has 0 aliphatic rings. The largest absolute Gasteiger partial charge is 0.480 e. The molecule has 0 radical (unpaired) electrons. The molecule has 4 heteroatoms. The molecule has 1 amide bonds. The van der Waals surface area contributed by atoms with Gasteiger partial charge in [0, 0.05) is 10.2 Å². The summed E-state index contributed by atoms with van der Waals surface area (Å²) in [6.07, 6.45) is 0.0968. The highest BCUT2D eigenvalue weighted by atomic mass is 79.9. The number of benzene rings is 2. The topological polar surface area (TPSA) is 38.3 Å². The third-order valence-electron chi connectivity index (χ3n) is 3.60. The van der Waals surface area contributed by atoms with Gasteiger partial charge in [0.25, 0.3) is 5.91 Å². The first-order chi connectivity index (χ1) is 10.5. The molecule has 0 aliphatic carbocycles. The highest BCUT2D eigenvalue weighted by Gasteiger charge is 2.19. The maximum absolute atomic E-state index is 12.4. The molecule has 0 spiro atoms. The fraction of sp³-hybridized carbons (Fsp3) is 0.278. The molecule has 0 heterocycles. The summed E-state index contributed by atoms with van der Waals surface area (Å²) in [5.74, 6) is 0.628. The average molecular weight is 362 g/mol. The van der Waals surface area contributed by atoms with Crippen LogP contribution >= 0.6 is 15.9 Å². The summed E-state index contributed by atoms with van der Waals surface area (Å²) in [4.78, 5) is 12.4. The van der Waals surface area contributed by atoms with Gasteiger partial charge in [-0.2, -0.15) is 0 Å². The molecule has 1 N–H and O–H groups in total. The second-order valence-electron chi connectivity index (χ2n) is 5.21. The van der Waals surface area contributed by atoms with Gasteiger partial charge in [-0.25, -0.2) is 0 Å². The Balaban J connectivity index is 2.09. The van der Waals surface area contributed by atoms with Gasteiger partial charge in [0.1, 0.15) is 5.75 Å². The van der Waals surface area contributed by atoms with E-state index in [1.165, 1.54) is 0 Å². The molecule has 0 aromatic heterocycles. The van der Waals surface area contributed by atoms with Crippen LogP contribution in [-0.4, -0.2) is 12.0 Å². The van der Waals surface area contributed by atoms with E-state index in [1.54, 1.807) is 0 Å². The minimum absolute atomic E-state index is 0.134. The lowest BCUT2D eigenvalue weighted by Crippen LogP contribution is -2.32. The summed E-state index contributed by atoms with van der Waals surface area (Å²) < 4.78 is 6.89. The summed E-state index contributed by atoms with van der Waals surface area (Å²) in [6.45, 7) is 5.98. The van der Waals surface area contributed by atoms with Crippen molar-refractivity contribution >= 4 is 27.5 Å². The van der Waals surface area contributed by atoms with E-state index in [4.69, 9.17) is 4.74 Å². The van der Waals surface area contributed by atoms with Crippen LogP contribution in [0.1, 0.15) is 24.5 Å². The molecule has 3 nitrogen and oxygen atoms in total. The van der Waals surface area contributed by atoms with E-state index in [0.717, 1.165) is 27.0 Å². The molecule has 116 valence electrons. The van der Waals surface area contributed by atoms with Gasteiger partial charge >= 0.3 is 0 Å². The number of carbonyl (C=O) groups excluding carboxylic acids is 1. The molecular weight excluding hydrogens is 342 g/mol. The Bertz CT molecular complexity index is 653. The lowest BCUT2D eigenvalue weighted by atomic mass is 10.1. The summed E-state index contributed by atoms with van der Waals surface area (Å²) in [7, 11) is 0. The number of hydrogen-bond donors (Lipinski definition) is 1. The van der Waals surface area contributed by atoms with Crippen LogP contribution in [0.5, 0.6) is 5.75 Å². The summed E-state index contributed by atoms with van der Waals surface area (Å²) in [5, 5.41) is 2.89. The van der Waals surface area contributed by atoms with E-state index in [9.17, 15) is 4.79 Å². The number of ether oxygens (including phenoxy) is 1. The van der Waals surface area contributed by atoms with E-state index in [1.807, 2.05) is 63.2 Å². The molecular formula is C18H20BrNO2. The van der Waals surface area contributed by atoms with Crippen LogP contribution in [0.15, 0.2) is 46.9 Å². The van der Waals surface area contributed by atoms with Gasteiger partial charge in [-0.3, -0.25) is 4.79 Å². The SMILES string of the molecule is CC[C@@H](Oc1cccc(C)c1C)C(=O)Nc1ccc(Br)cc1. The Morgan fingerprint density at radius 3 is 2.50 bits per heavy atom. The molecule has 0 saturated carbocycles. The lowest BCUT2D eigenvalue weighted by molar-refractivity contribution is -0.122. The number of nitrogens with one attached hydrogen (secondary N) is 1. The van der Waals surface area contributed by atoms with Gasteiger partial charge in [0.05, 0.1) is 0 Å². The molecule has 22 heavy (non-hydrogen) atoms. The lowest BCUT2D eigenvalue weighted by Gasteiger charge is -2.19. The van der Waals surface area contributed by atoms with Gasteiger partial charge < -0.3 is 10.1 Å². The van der Waals surface area contributed by atoms with E-state index < -0.39 is 6.10 Å². The van der Waals surface area contributed by atoms with Crippen molar-refractivity contribution in [3.8, 4) is 5.75 Å². The first-order valence-electron chi connectivity index (χ1n) is 7.30. The number of aryl methyl sites for hydroxylation is 1. The molecule has 1 atom stereocenters. The number of anilines is 1. The quantitative estimate of drug-likeness (QED) is 0.825. The van der Waals surface area contributed by atoms with Crippen LogP contribution in [0.4, 0.5) is 5.69 Å². The standard InChI is InChI=1S/C18H20BrNO2/c1-4-16(22-17-7-5-6-12(2)13(17)3)18(21)20-15-10-8-14(19)9-11-15/h5-11,16H,4H2,1-3H3,(H,20,21)/t16-/m1/s1. The van der Waals surface area contributed by atoms with Gasteiger partial charge in [-0.15, -0.1) is 0 Å². The molecule has 2 rings (SSSR count). The Morgan fingerprint density at radius 2 is 1.86 bits per heavy atom. The average Bonchev–Trinajstić information content (AvgIpc) is 2.51. The zero-order chi connectivity index (χ0) is 16.1. The fourth-order valence-corrected chi connectivity index (χ4v) is 2.35. The molecule has 2 aromatic rings. The molecule has 0 bridgehead atoms. The summed E-state index contributed by atoms with van der Waals surface area (Å²) in [5.41, 5.74) is 2.98.